The van der Waals surface area contributed by atoms with Gasteiger partial charge in [0.1, 0.15) is 6.04 Å². The van der Waals surface area contributed by atoms with Gasteiger partial charge in [0.25, 0.3) is 0 Å². The maximum absolute atomic E-state index is 12.7. The van der Waals surface area contributed by atoms with Gasteiger partial charge in [0.2, 0.25) is 5.91 Å². The lowest BCUT2D eigenvalue weighted by Crippen LogP contribution is -2.48. The van der Waals surface area contributed by atoms with Crippen molar-refractivity contribution in [2.24, 2.45) is 0 Å². The zero-order valence-electron chi connectivity index (χ0n) is 12.1. The highest BCUT2D eigenvalue weighted by Crippen LogP contribution is 2.30. The monoisotopic (exact) mass is 292 g/mol. The molecule has 0 bridgehead atoms. The van der Waals surface area contributed by atoms with Crippen LogP contribution in [0.5, 0.6) is 0 Å². The maximum Gasteiger partial charge on any atom is 0.326 e. The number of β-amino-alcohol motifs (C(OH)–C–C–N with tert-alkyl or cyclic N) is 1. The van der Waals surface area contributed by atoms with Gasteiger partial charge in [-0.2, -0.15) is 0 Å². The van der Waals surface area contributed by atoms with E-state index in [1.165, 1.54) is 4.90 Å². The Morgan fingerprint density at radius 2 is 1.86 bits per heavy atom. The molecule has 2 atom stereocenters. The summed E-state index contributed by atoms with van der Waals surface area (Å²) in [5.74, 6) is -1.40. The molecule has 1 fully saturated rings. The number of carbonyl (C=O) groups excluding carboxylic acids is 1. The number of aliphatic carboxylic acids is 1. The molecule has 114 valence electrons. The number of carboxylic acids is 1. The lowest BCUT2D eigenvalue weighted by Gasteiger charge is -2.32. The number of nitrogen functional groups attached to an aromatic ring is 1. The number of benzene rings is 1. The largest absolute Gasteiger partial charge is 0.480 e. The van der Waals surface area contributed by atoms with Gasteiger partial charge in [-0.25, -0.2) is 4.79 Å². The Hall–Kier alpha value is -2.08. The molecular weight excluding hydrogens is 272 g/mol. The van der Waals surface area contributed by atoms with Gasteiger partial charge in [-0.15, -0.1) is 0 Å². The number of hydrogen-bond donors (Lipinski definition) is 3. The van der Waals surface area contributed by atoms with E-state index in [1.807, 2.05) is 0 Å². The summed E-state index contributed by atoms with van der Waals surface area (Å²) in [5.41, 5.74) is 6.11. The van der Waals surface area contributed by atoms with Gasteiger partial charge in [-0.1, -0.05) is 12.1 Å². The number of rotatable bonds is 3. The van der Waals surface area contributed by atoms with Crippen LogP contribution in [0.3, 0.4) is 0 Å². The molecule has 2 rings (SSSR count). The topological polar surface area (TPSA) is 104 Å². The van der Waals surface area contributed by atoms with Crippen molar-refractivity contribution in [2.45, 2.75) is 37.8 Å². The first-order valence-corrected chi connectivity index (χ1v) is 6.81. The number of amides is 1. The SMILES string of the molecule is CC(C)(C(=O)N1C[C@H](O)C[C@@H]1C(=O)O)c1ccc(N)cc1. The van der Waals surface area contributed by atoms with E-state index in [-0.39, 0.29) is 18.9 Å². The van der Waals surface area contributed by atoms with E-state index in [1.54, 1.807) is 38.1 Å². The van der Waals surface area contributed by atoms with Crippen molar-refractivity contribution >= 4 is 17.6 Å². The molecule has 1 amide bonds. The molecular formula is C15H20N2O4. The Morgan fingerprint density at radius 3 is 2.38 bits per heavy atom. The molecule has 1 heterocycles. The van der Waals surface area contributed by atoms with Crippen LogP contribution >= 0.6 is 0 Å². The number of carbonyl (C=O) groups is 2. The number of likely N-dealkylation sites (tertiary alicyclic amines) is 1. The van der Waals surface area contributed by atoms with Gasteiger partial charge in [0.15, 0.2) is 0 Å². The molecule has 21 heavy (non-hydrogen) atoms. The highest BCUT2D eigenvalue weighted by Gasteiger charge is 2.44. The van der Waals surface area contributed by atoms with Crippen LogP contribution in [0.1, 0.15) is 25.8 Å². The standard InChI is InChI=1S/C15H20N2O4/c1-15(2,9-3-5-10(16)6-4-9)14(21)17-8-11(18)7-12(17)13(19)20/h3-6,11-12,18H,7-8,16H2,1-2H3,(H,19,20)/t11-,12-/m1/s1. The summed E-state index contributed by atoms with van der Waals surface area (Å²) in [6.07, 6.45) is -0.726. The fourth-order valence-corrected chi connectivity index (χ4v) is 2.65. The van der Waals surface area contributed by atoms with Gasteiger partial charge in [-0.05, 0) is 31.5 Å². The minimum Gasteiger partial charge on any atom is -0.480 e. The van der Waals surface area contributed by atoms with E-state index in [9.17, 15) is 19.8 Å². The van der Waals surface area contributed by atoms with Crippen LogP contribution in [0, 0.1) is 0 Å². The third-order valence-electron chi connectivity index (χ3n) is 3.99. The van der Waals surface area contributed by atoms with E-state index in [0.717, 1.165) is 5.56 Å². The van der Waals surface area contributed by atoms with Crippen LogP contribution in [0.4, 0.5) is 5.69 Å². The average molecular weight is 292 g/mol. The summed E-state index contributed by atoms with van der Waals surface area (Å²) in [6.45, 7) is 3.53. The summed E-state index contributed by atoms with van der Waals surface area (Å²) in [4.78, 5) is 25.2. The van der Waals surface area contributed by atoms with E-state index < -0.39 is 23.5 Å². The van der Waals surface area contributed by atoms with Crippen molar-refractivity contribution in [3.05, 3.63) is 29.8 Å². The number of carboxylic acid groups (broad SMARTS) is 1. The van der Waals surface area contributed by atoms with Crippen LogP contribution in [-0.2, 0) is 15.0 Å². The van der Waals surface area contributed by atoms with E-state index >= 15 is 0 Å². The summed E-state index contributed by atoms with van der Waals surface area (Å²) < 4.78 is 0. The predicted octanol–water partition coefficient (Wildman–Crippen LogP) is 0.593. The van der Waals surface area contributed by atoms with E-state index in [2.05, 4.69) is 0 Å². The average Bonchev–Trinajstić information content (AvgIpc) is 2.80. The Kier molecular flexibility index (Phi) is 3.91. The molecule has 1 aromatic rings. The summed E-state index contributed by atoms with van der Waals surface area (Å²) in [5, 5.41) is 18.9. The first kappa shape index (κ1) is 15.3. The third kappa shape index (κ3) is 2.85. The molecule has 0 aromatic heterocycles. The van der Waals surface area contributed by atoms with Crippen molar-refractivity contribution in [1.82, 2.24) is 4.90 Å². The van der Waals surface area contributed by atoms with Crippen molar-refractivity contribution < 1.29 is 19.8 Å². The molecule has 0 aliphatic carbocycles. The molecule has 0 radical (unpaired) electrons. The fourth-order valence-electron chi connectivity index (χ4n) is 2.65. The minimum absolute atomic E-state index is 0.0498. The van der Waals surface area contributed by atoms with Crippen LogP contribution in [0.2, 0.25) is 0 Å². The Morgan fingerprint density at radius 1 is 1.29 bits per heavy atom. The molecule has 1 aliphatic heterocycles. The molecule has 1 aliphatic rings. The quantitative estimate of drug-likeness (QED) is 0.707. The number of nitrogens with two attached hydrogens (primary N) is 1. The highest BCUT2D eigenvalue weighted by atomic mass is 16.4. The van der Waals surface area contributed by atoms with Crippen LogP contribution in [-0.4, -0.2) is 45.7 Å². The number of aliphatic hydroxyl groups excluding tert-OH is 1. The maximum atomic E-state index is 12.7. The second kappa shape index (κ2) is 5.37. The Labute approximate surface area is 123 Å². The molecule has 1 aromatic carbocycles. The van der Waals surface area contributed by atoms with Gasteiger partial charge in [0, 0.05) is 18.7 Å². The molecule has 6 nitrogen and oxygen atoms in total. The second-order valence-electron chi connectivity index (χ2n) is 5.95. The van der Waals surface area contributed by atoms with Gasteiger partial charge >= 0.3 is 5.97 Å². The smallest absolute Gasteiger partial charge is 0.326 e. The zero-order chi connectivity index (χ0) is 15.8. The fraction of sp³-hybridized carbons (Fsp3) is 0.467. The third-order valence-corrected chi connectivity index (χ3v) is 3.99. The van der Waals surface area contributed by atoms with Gasteiger partial charge in [-0.3, -0.25) is 4.79 Å². The Balaban J connectivity index is 2.29. The van der Waals surface area contributed by atoms with Crippen LogP contribution in [0.25, 0.3) is 0 Å². The van der Waals surface area contributed by atoms with Crippen molar-refractivity contribution in [3.63, 3.8) is 0 Å². The molecule has 4 N–H and O–H groups in total. The molecule has 6 heteroatoms. The lowest BCUT2D eigenvalue weighted by molar-refractivity contribution is -0.150. The molecule has 0 unspecified atom stereocenters. The minimum atomic E-state index is -1.09. The van der Waals surface area contributed by atoms with Gasteiger partial charge in [0.05, 0.1) is 11.5 Å². The zero-order valence-corrected chi connectivity index (χ0v) is 12.1. The Bertz CT molecular complexity index is 553. The van der Waals surface area contributed by atoms with Gasteiger partial charge < -0.3 is 20.8 Å². The first-order valence-electron chi connectivity index (χ1n) is 6.81. The van der Waals surface area contributed by atoms with Crippen molar-refractivity contribution in [1.29, 1.82) is 0 Å². The number of hydrogen-bond acceptors (Lipinski definition) is 4. The van der Waals surface area contributed by atoms with E-state index in [4.69, 9.17) is 5.73 Å². The summed E-state index contributed by atoms with van der Waals surface area (Å²) in [7, 11) is 0. The molecule has 0 saturated carbocycles. The van der Waals surface area contributed by atoms with Crippen LogP contribution in [0.15, 0.2) is 24.3 Å². The van der Waals surface area contributed by atoms with Crippen molar-refractivity contribution in [3.8, 4) is 0 Å². The summed E-state index contributed by atoms with van der Waals surface area (Å²) in [6, 6.07) is 5.96. The molecule has 0 spiro atoms. The second-order valence-corrected chi connectivity index (χ2v) is 5.95. The lowest BCUT2D eigenvalue weighted by atomic mass is 9.83. The highest BCUT2D eigenvalue weighted by molar-refractivity contribution is 5.91. The van der Waals surface area contributed by atoms with Crippen molar-refractivity contribution in [2.75, 3.05) is 12.3 Å². The first-order chi connectivity index (χ1) is 9.73. The number of aliphatic hydroxyl groups is 1. The number of nitrogens with zero attached hydrogens (tertiary/aromatic N) is 1. The van der Waals surface area contributed by atoms with Crippen LogP contribution < -0.4 is 5.73 Å². The predicted molar refractivity (Wildman–Crippen MR) is 77.6 cm³/mol. The number of anilines is 1. The molecule has 1 saturated heterocycles. The summed E-state index contributed by atoms with van der Waals surface area (Å²) >= 11 is 0. The normalized spacial score (nSPS) is 22.3. The van der Waals surface area contributed by atoms with E-state index in [0.29, 0.717) is 5.69 Å².